The van der Waals surface area contributed by atoms with E-state index in [2.05, 4.69) is 10.7 Å². The predicted octanol–water partition coefficient (Wildman–Crippen LogP) is 2.75. The second-order valence-corrected chi connectivity index (χ2v) is 5.60. The zero-order valence-corrected chi connectivity index (χ0v) is 14.1. The minimum absolute atomic E-state index is 0.155. The van der Waals surface area contributed by atoms with Crippen LogP contribution < -0.4 is 15.8 Å². The van der Waals surface area contributed by atoms with Crippen LogP contribution in [0.4, 0.5) is 5.69 Å². The predicted molar refractivity (Wildman–Crippen MR) is 98.3 cm³/mol. The molecule has 0 aliphatic rings. The molecule has 0 aliphatic heterocycles. The van der Waals surface area contributed by atoms with Gasteiger partial charge in [-0.15, -0.1) is 0 Å². The fourth-order valence-electron chi connectivity index (χ4n) is 2.41. The Balaban J connectivity index is 1.63. The maximum Gasteiger partial charge on any atom is 0.287 e. The van der Waals surface area contributed by atoms with Crippen LogP contribution in [0.25, 0.3) is 0 Å². The summed E-state index contributed by atoms with van der Waals surface area (Å²) in [5, 5.41) is 4.28. The molecule has 2 aromatic carbocycles. The maximum atomic E-state index is 12.3. The van der Waals surface area contributed by atoms with Crippen LogP contribution in [-0.4, -0.2) is 18.4 Å². The Morgan fingerprint density at radius 2 is 1.58 bits per heavy atom. The fraction of sp³-hybridized carbons (Fsp3) is 0.100. The highest BCUT2D eigenvalue weighted by atomic mass is 16.3. The summed E-state index contributed by atoms with van der Waals surface area (Å²) in [4.78, 5) is 24.2. The number of furan rings is 1. The third-order valence-electron chi connectivity index (χ3n) is 3.67. The molecule has 0 saturated heterocycles. The van der Waals surface area contributed by atoms with Crippen LogP contribution in [0.3, 0.4) is 0 Å². The standard InChI is InChI=1S/C20H19N3O3/c24-19(14-21-20(25)18-12-7-13-26-18)22-23(17-10-5-2-6-11-17)15-16-8-3-1-4-9-16/h1-13H,14-15H2,(H,21,25)(H,22,24). The van der Waals surface area contributed by atoms with Gasteiger partial charge in [-0.25, -0.2) is 0 Å². The van der Waals surface area contributed by atoms with Crippen molar-refractivity contribution in [1.82, 2.24) is 10.7 Å². The van der Waals surface area contributed by atoms with Crippen molar-refractivity contribution in [1.29, 1.82) is 0 Å². The highest BCUT2D eigenvalue weighted by molar-refractivity contribution is 5.94. The monoisotopic (exact) mass is 349 g/mol. The minimum Gasteiger partial charge on any atom is -0.459 e. The largest absolute Gasteiger partial charge is 0.459 e. The third kappa shape index (κ3) is 4.73. The van der Waals surface area contributed by atoms with Gasteiger partial charge in [-0.2, -0.15) is 0 Å². The molecule has 2 amide bonds. The van der Waals surface area contributed by atoms with Gasteiger partial charge in [0.1, 0.15) is 0 Å². The molecule has 6 nitrogen and oxygen atoms in total. The number of carbonyl (C=O) groups excluding carboxylic acids is 2. The Hall–Kier alpha value is -3.54. The van der Waals surface area contributed by atoms with E-state index in [0.29, 0.717) is 6.54 Å². The number of amides is 2. The van der Waals surface area contributed by atoms with Crippen molar-refractivity contribution in [2.24, 2.45) is 0 Å². The molecule has 0 saturated carbocycles. The van der Waals surface area contributed by atoms with Gasteiger partial charge in [-0.1, -0.05) is 48.5 Å². The quantitative estimate of drug-likeness (QED) is 0.643. The number of hydrogen-bond acceptors (Lipinski definition) is 4. The lowest BCUT2D eigenvalue weighted by Gasteiger charge is -2.25. The number of hydrazine groups is 1. The average Bonchev–Trinajstić information content (AvgIpc) is 3.22. The smallest absolute Gasteiger partial charge is 0.287 e. The molecule has 0 unspecified atom stereocenters. The first-order valence-electron chi connectivity index (χ1n) is 8.20. The fourth-order valence-corrected chi connectivity index (χ4v) is 2.41. The second kappa shape index (κ2) is 8.53. The lowest BCUT2D eigenvalue weighted by molar-refractivity contribution is -0.120. The summed E-state index contributed by atoms with van der Waals surface area (Å²) < 4.78 is 5.00. The van der Waals surface area contributed by atoms with Crippen molar-refractivity contribution in [2.45, 2.75) is 6.54 Å². The molecule has 0 radical (unpaired) electrons. The minimum atomic E-state index is -0.431. The van der Waals surface area contributed by atoms with Crippen molar-refractivity contribution in [2.75, 3.05) is 11.6 Å². The van der Waals surface area contributed by atoms with Crippen molar-refractivity contribution in [3.8, 4) is 0 Å². The SMILES string of the molecule is O=C(CNC(=O)c1ccco1)NN(Cc1ccccc1)c1ccccc1. The van der Waals surface area contributed by atoms with E-state index in [1.54, 1.807) is 17.1 Å². The van der Waals surface area contributed by atoms with Gasteiger partial charge in [0.25, 0.3) is 11.8 Å². The Bertz CT molecular complexity index is 833. The van der Waals surface area contributed by atoms with E-state index in [4.69, 9.17) is 4.42 Å². The summed E-state index contributed by atoms with van der Waals surface area (Å²) in [5.41, 5.74) is 4.73. The number of carbonyl (C=O) groups is 2. The van der Waals surface area contributed by atoms with E-state index in [1.165, 1.54) is 6.26 Å². The van der Waals surface area contributed by atoms with Gasteiger partial charge < -0.3 is 9.73 Å². The number of anilines is 1. The van der Waals surface area contributed by atoms with E-state index in [9.17, 15) is 9.59 Å². The van der Waals surface area contributed by atoms with E-state index in [0.717, 1.165) is 11.3 Å². The van der Waals surface area contributed by atoms with Gasteiger partial charge >= 0.3 is 0 Å². The molecular weight excluding hydrogens is 330 g/mol. The molecule has 26 heavy (non-hydrogen) atoms. The summed E-state index contributed by atoms with van der Waals surface area (Å²) in [6.07, 6.45) is 1.41. The maximum absolute atomic E-state index is 12.3. The normalized spacial score (nSPS) is 10.2. The number of benzene rings is 2. The summed E-state index contributed by atoms with van der Waals surface area (Å²) >= 11 is 0. The Morgan fingerprint density at radius 1 is 0.885 bits per heavy atom. The van der Waals surface area contributed by atoms with Crippen LogP contribution >= 0.6 is 0 Å². The van der Waals surface area contributed by atoms with Gasteiger partial charge in [-0.3, -0.25) is 20.0 Å². The third-order valence-corrected chi connectivity index (χ3v) is 3.67. The van der Waals surface area contributed by atoms with Gasteiger partial charge in [0.05, 0.1) is 25.0 Å². The van der Waals surface area contributed by atoms with E-state index in [1.807, 2.05) is 60.7 Å². The molecule has 0 atom stereocenters. The Kier molecular flexibility index (Phi) is 5.67. The van der Waals surface area contributed by atoms with Gasteiger partial charge in [-0.05, 0) is 29.8 Å². The van der Waals surface area contributed by atoms with E-state index < -0.39 is 5.91 Å². The highest BCUT2D eigenvalue weighted by Crippen LogP contribution is 2.14. The molecular formula is C20H19N3O3. The number of rotatable bonds is 7. The van der Waals surface area contributed by atoms with Crippen LogP contribution in [0.15, 0.2) is 83.5 Å². The number of nitrogens with one attached hydrogen (secondary N) is 2. The topological polar surface area (TPSA) is 74.6 Å². The van der Waals surface area contributed by atoms with E-state index in [-0.39, 0.29) is 18.2 Å². The van der Waals surface area contributed by atoms with Gasteiger partial charge in [0.15, 0.2) is 5.76 Å². The molecule has 0 spiro atoms. The van der Waals surface area contributed by atoms with Crippen molar-refractivity contribution < 1.29 is 14.0 Å². The van der Waals surface area contributed by atoms with E-state index >= 15 is 0 Å². The number of nitrogens with zero attached hydrogens (tertiary/aromatic N) is 1. The molecule has 3 rings (SSSR count). The lowest BCUT2D eigenvalue weighted by Crippen LogP contribution is -2.46. The Labute approximate surface area is 151 Å². The molecule has 3 aromatic rings. The van der Waals surface area contributed by atoms with Crippen LogP contribution in [0.5, 0.6) is 0 Å². The first-order chi connectivity index (χ1) is 12.7. The molecule has 1 aromatic heterocycles. The average molecular weight is 349 g/mol. The first-order valence-corrected chi connectivity index (χ1v) is 8.20. The van der Waals surface area contributed by atoms with Crippen molar-refractivity contribution >= 4 is 17.5 Å². The number of para-hydroxylation sites is 1. The Morgan fingerprint density at radius 3 is 2.23 bits per heavy atom. The van der Waals surface area contributed by atoms with Gasteiger partial charge in [0, 0.05) is 0 Å². The molecule has 0 aliphatic carbocycles. The van der Waals surface area contributed by atoms with Crippen LogP contribution in [0, 0.1) is 0 Å². The summed E-state index contributed by atoms with van der Waals surface area (Å²) in [5.74, 6) is -0.592. The summed E-state index contributed by atoms with van der Waals surface area (Å²) in [7, 11) is 0. The molecule has 6 heteroatoms. The summed E-state index contributed by atoms with van der Waals surface area (Å²) in [6, 6.07) is 22.5. The van der Waals surface area contributed by atoms with Crippen LogP contribution in [-0.2, 0) is 11.3 Å². The lowest BCUT2D eigenvalue weighted by atomic mass is 10.2. The van der Waals surface area contributed by atoms with Crippen molar-refractivity contribution in [3.63, 3.8) is 0 Å². The number of hydrogen-bond donors (Lipinski definition) is 2. The molecule has 0 bridgehead atoms. The van der Waals surface area contributed by atoms with Crippen molar-refractivity contribution in [3.05, 3.63) is 90.4 Å². The van der Waals surface area contributed by atoms with Crippen LogP contribution in [0.2, 0.25) is 0 Å². The second-order valence-electron chi connectivity index (χ2n) is 5.60. The molecule has 1 heterocycles. The highest BCUT2D eigenvalue weighted by Gasteiger charge is 2.13. The van der Waals surface area contributed by atoms with Crippen LogP contribution in [0.1, 0.15) is 16.1 Å². The zero-order chi connectivity index (χ0) is 18.2. The molecule has 0 fully saturated rings. The molecule has 2 N–H and O–H groups in total. The molecule has 132 valence electrons. The van der Waals surface area contributed by atoms with Gasteiger partial charge in [0.2, 0.25) is 0 Å². The zero-order valence-electron chi connectivity index (χ0n) is 14.1. The summed E-state index contributed by atoms with van der Waals surface area (Å²) in [6.45, 7) is 0.348. The first kappa shape index (κ1) is 17.3.